The summed E-state index contributed by atoms with van der Waals surface area (Å²) in [6, 6.07) is 2.33. The topological polar surface area (TPSA) is 83.2 Å². The first-order chi connectivity index (χ1) is 14.2. The van der Waals surface area contributed by atoms with Crippen LogP contribution in [0.2, 0.25) is 0 Å². The van der Waals surface area contributed by atoms with Gasteiger partial charge in [0.15, 0.2) is 10.9 Å². The van der Waals surface area contributed by atoms with Gasteiger partial charge in [-0.2, -0.15) is 23.1 Å². The maximum atomic E-state index is 15.6. The molecule has 2 aromatic heterocycles. The molecule has 0 amide bonds. The number of hydrogen-bond acceptors (Lipinski definition) is 7. The summed E-state index contributed by atoms with van der Waals surface area (Å²) in [6.45, 7) is 0. The monoisotopic (exact) mass is 442 g/mol. The van der Waals surface area contributed by atoms with Gasteiger partial charge in [0.2, 0.25) is 5.88 Å². The third kappa shape index (κ3) is 3.03. The van der Waals surface area contributed by atoms with Crippen LogP contribution >= 0.6 is 11.3 Å². The molecule has 0 aliphatic heterocycles. The fraction of sp³-hybridized carbons (Fsp3) is 0.167. The zero-order valence-corrected chi connectivity index (χ0v) is 16.1. The Morgan fingerprint density at radius 1 is 1.00 bits per heavy atom. The predicted octanol–water partition coefficient (Wildman–Crippen LogP) is 4.80. The number of alkyl halides is 3. The largest absolute Gasteiger partial charge is 0.480 e. The Hall–Kier alpha value is -3.28. The van der Waals surface area contributed by atoms with Crippen LogP contribution in [-0.4, -0.2) is 29.2 Å². The maximum Gasteiger partial charge on any atom is 0.417 e. The lowest BCUT2D eigenvalue weighted by molar-refractivity contribution is -0.137. The molecule has 0 aliphatic rings. The predicted molar refractivity (Wildman–Crippen MR) is 101 cm³/mol. The highest BCUT2D eigenvalue weighted by Crippen LogP contribution is 2.45. The summed E-state index contributed by atoms with van der Waals surface area (Å²) in [5.41, 5.74) is 2.53. The first kappa shape index (κ1) is 20.0. The van der Waals surface area contributed by atoms with Gasteiger partial charge < -0.3 is 15.2 Å². The summed E-state index contributed by atoms with van der Waals surface area (Å²) in [5, 5.41) is -0.375. The van der Waals surface area contributed by atoms with E-state index in [1.807, 2.05) is 0 Å². The number of thiazole rings is 1. The van der Waals surface area contributed by atoms with Crippen LogP contribution in [0.15, 0.2) is 18.2 Å². The molecule has 156 valence electrons. The van der Waals surface area contributed by atoms with E-state index in [9.17, 15) is 17.6 Å². The van der Waals surface area contributed by atoms with Crippen molar-refractivity contribution in [3.8, 4) is 23.0 Å². The van der Waals surface area contributed by atoms with Crippen molar-refractivity contribution in [2.45, 2.75) is 6.18 Å². The number of nitrogen functional groups attached to an aromatic ring is 1. The van der Waals surface area contributed by atoms with Gasteiger partial charge in [0.05, 0.1) is 35.4 Å². The summed E-state index contributed by atoms with van der Waals surface area (Å²) >= 11 is 0.745. The van der Waals surface area contributed by atoms with Crippen molar-refractivity contribution in [2.75, 3.05) is 20.0 Å². The van der Waals surface area contributed by atoms with Gasteiger partial charge in [-0.3, -0.25) is 0 Å². The molecule has 4 rings (SSSR count). The number of anilines is 1. The minimum Gasteiger partial charge on any atom is -0.480 e. The molecule has 2 aromatic carbocycles. The van der Waals surface area contributed by atoms with E-state index in [1.54, 1.807) is 0 Å². The van der Waals surface area contributed by atoms with Crippen molar-refractivity contribution in [1.29, 1.82) is 0 Å². The second kappa shape index (κ2) is 6.90. The molecule has 0 fully saturated rings. The highest BCUT2D eigenvalue weighted by molar-refractivity contribution is 7.22. The third-order valence-corrected chi connectivity index (χ3v) is 5.23. The summed E-state index contributed by atoms with van der Waals surface area (Å²) < 4.78 is 81.2. The Morgan fingerprint density at radius 3 is 2.37 bits per heavy atom. The van der Waals surface area contributed by atoms with Crippen LogP contribution in [-0.2, 0) is 6.18 Å². The lowest BCUT2D eigenvalue weighted by atomic mass is 9.95. The second-order valence-corrected chi connectivity index (χ2v) is 7.08. The van der Waals surface area contributed by atoms with Gasteiger partial charge in [0.1, 0.15) is 11.3 Å². The van der Waals surface area contributed by atoms with Gasteiger partial charge in [-0.1, -0.05) is 11.3 Å². The highest BCUT2D eigenvalue weighted by Gasteiger charge is 2.38. The number of benzene rings is 2. The summed E-state index contributed by atoms with van der Waals surface area (Å²) in [6.07, 6.45) is -4.96. The van der Waals surface area contributed by atoms with E-state index in [1.165, 1.54) is 14.2 Å². The Labute approximate surface area is 169 Å². The molecule has 0 aliphatic carbocycles. The quantitative estimate of drug-likeness (QED) is 0.459. The number of halogens is 5. The number of nitrogens with zero attached hydrogens (tertiary/aromatic N) is 3. The number of nitrogens with two attached hydrogens (primary N) is 1. The van der Waals surface area contributed by atoms with Crippen LogP contribution in [0, 0.1) is 11.6 Å². The first-order valence-corrected chi connectivity index (χ1v) is 9.01. The van der Waals surface area contributed by atoms with E-state index >= 15 is 4.39 Å². The molecule has 2 heterocycles. The molecular formula is C18H11F5N4O2S. The van der Waals surface area contributed by atoms with Crippen molar-refractivity contribution in [1.82, 2.24) is 15.0 Å². The van der Waals surface area contributed by atoms with E-state index < -0.39 is 34.5 Å². The summed E-state index contributed by atoms with van der Waals surface area (Å²) in [5.74, 6) is -2.34. The highest BCUT2D eigenvalue weighted by atomic mass is 32.1. The average molecular weight is 442 g/mol. The standard InChI is InChI=1S/C18H11F5N4O2S/c1-28-15-7-5-8(18(21,22)23)10(11(20)12(7)26-17(27-15)29-2)6-3-4-9(19)14-13(6)25-16(24)30-14/h3-5H,1-2H3,(H2,24,25). The molecular weight excluding hydrogens is 431 g/mol. The lowest BCUT2D eigenvalue weighted by Crippen LogP contribution is -2.11. The normalized spacial score (nSPS) is 12.0. The molecule has 0 saturated carbocycles. The summed E-state index contributed by atoms with van der Waals surface area (Å²) in [4.78, 5) is 11.5. The number of ether oxygens (including phenoxy) is 2. The smallest absolute Gasteiger partial charge is 0.417 e. The lowest BCUT2D eigenvalue weighted by Gasteiger charge is -2.17. The zero-order valence-electron chi connectivity index (χ0n) is 15.3. The third-order valence-electron chi connectivity index (χ3n) is 4.34. The van der Waals surface area contributed by atoms with E-state index in [0.29, 0.717) is 6.07 Å². The van der Waals surface area contributed by atoms with Crippen LogP contribution < -0.4 is 15.2 Å². The van der Waals surface area contributed by atoms with Crippen molar-refractivity contribution < 1.29 is 31.4 Å². The molecule has 0 unspecified atom stereocenters. The number of hydrogen-bond donors (Lipinski definition) is 1. The molecule has 2 N–H and O–H groups in total. The average Bonchev–Trinajstić information content (AvgIpc) is 3.09. The molecule has 0 atom stereocenters. The van der Waals surface area contributed by atoms with E-state index in [-0.39, 0.29) is 38.2 Å². The zero-order chi connectivity index (χ0) is 21.8. The van der Waals surface area contributed by atoms with Crippen molar-refractivity contribution in [3.05, 3.63) is 35.4 Å². The fourth-order valence-corrected chi connectivity index (χ4v) is 3.87. The number of rotatable bonds is 3. The van der Waals surface area contributed by atoms with Crippen LogP contribution in [0.3, 0.4) is 0 Å². The SMILES string of the molecule is COc1nc(OC)c2cc(C(F)(F)F)c(-c3ccc(F)c4sc(N)nc34)c(F)c2n1. The number of fused-ring (bicyclic) bond motifs is 2. The first-order valence-electron chi connectivity index (χ1n) is 8.20. The second-order valence-electron chi connectivity index (χ2n) is 6.05. The Bertz CT molecular complexity index is 1310. The minimum atomic E-state index is -4.96. The number of methoxy groups -OCH3 is 2. The van der Waals surface area contributed by atoms with Gasteiger partial charge in [0, 0.05) is 11.1 Å². The van der Waals surface area contributed by atoms with E-state index in [2.05, 4.69) is 15.0 Å². The minimum absolute atomic E-state index is 0.0724. The molecule has 0 radical (unpaired) electrons. The number of aromatic nitrogens is 3. The van der Waals surface area contributed by atoms with Crippen molar-refractivity contribution in [2.24, 2.45) is 0 Å². The van der Waals surface area contributed by atoms with Crippen LogP contribution in [0.4, 0.5) is 27.1 Å². The van der Waals surface area contributed by atoms with Gasteiger partial charge >= 0.3 is 12.2 Å². The van der Waals surface area contributed by atoms with Crippen molar-refractivity contribution >= 4 is 37.6 Å². The van der Waals surface area contributed by atoms with Crippen LogP contribution in [0.1, 0.15) is 5.56 Å². The Morgan fingerprint density at radius 2 is 1.73 bits per heavy atom. The molecule has 0 spiro atoms. The molecule has 30 heavy (non-hydrogen) atoms. The van der Waals surface area contributed by atoms with Crippen LogP contribution in [0.25, 0.3) is 32.2 Å². The van der Waals surface area contributed by atoms with Crippen molar-refractivity contribution in [3.63, 3.8) is 0 Å². The molecule has 6 nitrogen and oxygen atoms in total. The molecule has 0 saturated heterocycles. The maximum absolute atomic E-state index is 15.6. The van der Waals surface area contributed by atoms with Gasteiger partial charge in [-0.15, -0.1) is 0 Å². The molecule has 4 aromatic rings. The molecule has 12 heteroatoms. The van der Waals surface area contributed by atoms with Gasteiger partial charge in [0.25, 0.3) is 0 Å². The Balaban J connectivity index is 2.19. The van der Waals surface area contributed by atoms with Gasteiger partial charge in [-0.05, 0) is 18.2 Å². The van der Waals surface area contributed by atoms with Gasteiger partial charge in [-0.25, -0.2) is 13.8 Å². The summed E-state index contributed by atoms with van der Waals surface area (Å²) in [7, 11) is 2.38. The Kier molecular flexibility index (Phi) is 4.60. The fourth-order valence-electron chi connectivity index (χ4n) is 3.11. The van der Waals surface area contributed by atoms with Crippen LogP contribution in [0.5, 0.6) is 11.9 Å². The molecule has 0 bridgehead atoms. The van der Waals surface area contributed by atoms with E-state index in [4.69, 9.17) is 15.2 Å². The van der Waals surface area contributed by atoms with E-state index in [0.717, 1.165) is 23.5 Å².